The van der Waals surface area contributed by atoms with E-state index in [-0.39, 0.29) is 18.3 Å². The number of carbonyl (C=O) groups excluding carboxylic acids is 1. The first-order valence-corrected chi connectivity index (χ1v) is 6.44. The van der Waals surface area contributed by atoms with Crippen LogP contribution in [0.25, 0.3) is 0 Å². The molecule has 19 heavy (non-hydrogen) atoms. The third-order valence-corrected chi connectivity index (χ3v) is 2.97. The van der Waals surface area contributed by atoms with Gasteiger partial charge in [-0.3, -0.25) is 10.1 Å². The minimum atomic E-state index is -0.336. The van der Waals surface area contributed by atoms with Crippen molar-refractivity contribution in [3.05, 3.63) is 34.7 Å². The molecule has 0 aliphatic rings. The first-order chi connectivity index (χ1) is 9.19. The van der Waals surface area contributed by atoms with Gasteiger partial charge in [-0.15, -0.1) is 0 Å². The van der Waals surface area contributed by atoms with Crippen LogP contribution >= 0.6 is 11.3 Å². The number of furan rings is 1. The van der Waals surface area contributed by atoms with Crippen molar-refractivity contribution in [3.63, 3.8) is 0 Å². The first kappa shape index (κ1) is 13.3. The zero-order valence-corrected chi connectivity index (χ0v) is 11.1. The van der Waals surface area contributed by atoms with Gasteiger partial charge in [0, 0.05) is 6.42 Å². The molecule has 0 atom stereocenters. The van der Waals surface area contributed by atoms with Crippen molar-refractivity contribution in [1.29, 1.82) is 0 Å². The highest BCUT2D eigenvalue weighted by Gasteiger charge is 2.11. The van der Waals surface area contributed by atoms with Crippen molar-refractivity contribution in [2.45, 2.75) is 13.3 Å². The van der Waals surface area contributed by atoms with Crippen molar-refractivity contribution in [2.75, 3.05) is 11.9 Å². The van der Waals surface area contributed by atoms with Gasteiger partial charge in [0.05, 0.1) is 17.7 Å². The molecule has 2 aromatic heterocycles. The minimum Gasteiger partial charge on any atom is -0.456 e. The minimum absolute atomic E-state index is 0.0350. The third kappa shape index (κ3) is 3.68. The predicted molar refractivity (Wildman–Crippen MR) is 72.1 cm³/mol. The number of aromatic nitrogens is 1. The fourth-order valence-electron chi connectivity index (χ4n) is 1.31. The van der Waals surface area contributed by atoms with Gasteiger partial charge in [0.25, 0.3) is 5.91 Å². The molecule has 6 heteroatoms. The molecule has 98 valence electrons. The van der Waals surface area contributed by atoms with Gasteiger partial charge in [-0.2, -0.15) is 0 Å². The number of nitrogens with zero attached hydrogens (tertiary/aromatic N) is 1. The molecule has 0 fully saturated rings. The number of nitrogens with one attached hydrogen (secondary N) is 1. The van der Waals surface area contributed by atoms with Gasteiger partial charge in [-0.1, -0.05) is 23.2 Å². The van der Waals surface area contributed by atoms with E-state index in [9.17, 15) is 4.79 Å². The molecule has 0 saturated heterocycles. The molecular weight excluding hydrogens is 264 g/mol. The number of hydrogen-bond donors (Lipinski definition) is 2. The molecule has 2 aromatic rings. The fourth-order valence-corrected chi connectivity index (χ4v) is 2.00. The number of aliphatic hydroxyl groups excluding tert-OH is 1. The summed E-state index contributed by atoms with van der Waals surface area (Å²) in [7, 11) is 0. The molecule has 0 aromatic carbocycles. The predicted octanol–water partition coefficient (Wildman–Crippen LogP) is 2.03. The Labute approximate surface area is 114 Å². The van der Waals surface area contributed by atoms with E-state index in [0.717, 1.165) is 4.88 Å². The van der Waals surface area contributed by atoms with E-state index in [1.807, 2.05) is 0 Å². The average Bonchev–Trinajstić information content (AvgIpc) is 2.99. The quantitative estimate of drug-likeness (QED) is 0.841. The summed E-state index contributed by atoms with van der Waals surface area (Å²) in [5.41, 5.74) is 0. The maximum Gasteiger partial charge on any atom is 0.293 e. The van der Waals surface area contributed by atoms with Crippen molar-refractivity contribution >= 4 is 22.4 Å². The van der Waals surface area contributed by atoms with E-state index >= 15 is 0 Å². The number of hydrogen-bond acceptors (Lipinski definition) is 5. The van der Waals surface area contributed by atoms with Crippen molar-refractivity contribution in [2.24, 2.45) is 0 Å². The average molecular weight is 276 g/mol. The largest absolute Gasteiger partial charge is 0.456 e. The van der Waals surface area contributed by atoms with Crippen LogP contribution in [0.5, 0.6) is 0 Å². The monoisotopic (exact) mass is 276 g/mol. The Balaban J connectivity index is 2.00. The van der Waals surface area contributed by atoms with Crippen LogP contribution in [-0.4, -0.2) is 22.6 Å². The zero-order valence-electron chi connectivity index (χ0n) is 10.3. The molecule has 5 nitrogen and oxygen atoms in total. The van der Waals surface area contributed by atoms with E-state index in [4.69, 9.17) is 9.52 Å². The van der Waals surface area contributed by atoms with Gasteiger partial charge >= 0.3 is 0 Å². The highest BCUT2D eigenvalue weighted by Crippen LogP contribution is 2.18. The van der Waals surface area contributed by atoms with Crippen LogP contribution in [0, 0.1) is 18.8 Å². The highest BCUT2D eigenvalue weighted by molar-refractivity contribution is 7.16. The number of thiazole rings is 1. The Morgan fingerprint density at radius 3 is 3.11 bits per heavy atom. The number of rotatable bonds is 3. The van der Waals surface area contributed by atoms with Crippen LogP contribution in [0.4, 0.5) is 5.13 Å². The number of aryl methyl sites for hydroxylation is 1. The lowest BCUT2D eigenvalue weighted by Crippen LogP contribution is -2.10. The zero-order chi connectivity index (χ0) is 13.7. The number of anilines is 1. The molecule has 0 unspecified atom stereocenters. The standard InChI is InChI=1S/C13H12N2O3S/c1-9-5-6-11(18-9)12(17)15-13-14-8-10(19-13)4-2-3-7-16/h5-6,8,16H,3,7H2,1H3,(H,14,15,17). The third-order valence-electron chi connectivity index (χ3n) is 2.14. The van der Waals surface area contributed by atoms with Gasteiger partial charge < -0.3 is 9.52 Å². The molecule has 0 saturated carbocycles. The summed E-state index contributed by atoms with van der Waals surface area (Å²) in [4.78, 5) is 16.6. The second kappa shape index (κ2) is 6.18. The van der Waals surface area contributed by atoms with Gasteiger partial charge in [0.1, 0.15) is 5.76 Å². The summed E-state index contributed by atoms with van der Waals surface area (Å²) >= 11 is 1.27. The van der Waals surface area contributed by atoms with Crippen LogP contribution in [0.2, 0.25) is 0 Å². The molecule has 1 amide bonds. The maximum absolute atomic E-state index is 11.8. The van der Waals surface area contributed by atoms with E-state index in [1.165, 1.54) is 11.3 Å². The van der Waals surface area contributed by atoms with Crippen LogP contribution in [-0.2, 0) is 0 Å². The Hall–Kier alpha value is -2.10. The smallest absolute Gasteiger partial charge is 0.293 e. The Bertz CT molecular complexity index is 634. The van der Waals surface area contributed by atoms with Gasteiger partial charge in [0.15, 0.2) is 10.9 Å². The van der Waals surface area contributed by atoms with Crippen LogP contribution in [0.1, 0.15) is 27.6 Å². The number of aliphatic hydroxyl groups is 1. The summed E-state index contributed by atoms with van der Waals surface area (Å²) < 4.78 is 5.21. The Morgan fingerprint density at radius 2 is 2.42 bits per heavy atom. The lowest BCUT2D eigenvalue weighted by molar-refractivity contribution is 0.0995. The molecule has 0 aliphatic carbocycles. The summed E-state index contributed by atoms with van der Waals surface area (Å²) in [6, 6.07) is 3.34. The van der Waals surface area contributed by atoms with Crippen molar-refractivity contribution in [3.8, 4) is 11.8 Å². The summed E-state index contributed by atoms with van der Waals surface area (Å²) in [6.07, 6.45) is 2.00. The fraction of sp³-hybridized carbons (Fsp3) is 0.231. The molecule has 2 heterocycles. The summed E-state index contributed by atoms with van der Waals surface area (Å²) in [5.74, 6) is 6.24. The van der Waals surface area contributed by atoms with Crippen molar-refractivity contribution < 1.29 is 14.3 Å². The highest BCUT2D eigenvalue weighted by atomic mass is 32.1. The van der Waals surface area contributed by atoms with Crippen LogP contribution in [0.15, 0.2) is 22.7 Å². The second-order valence-corrected chi connectivity index (χ2v) is 4.70. The number of amides is 1. The lowest BCUT2D eigenvalue weighted by Gasteiger charge is -1.96. The van der Waals surface area contributed by atoms with Gasteiger partial charge in [-0.25, -0.2) is 4.98 Å². The second-order valence-electron chi connectivity index (χ2n) is 3.67. The molecule has 2 rings (SSSR count). The molecule has 0 aliphatic heterocycles. The van der Waals surface area contributed by atoms with Crippen LogP contribution in [0.3, 0.4) is 0 Å². The SMILES string of the molecule is Cc1ccc(C(=O)Nc2ncc(C#CCCO)s2)o1. The molecular formula is C13H12N2O3S. The normalized spacial score (nSPS) is 9.79. The van der Waals surface area contributed by atoms with E-state index in [0.29, 0.717) is 17.3 Å². The van der Waals surface area contributed by atoms with Gasteiger partial charge in [0.2, 0.25) is 0 Å². The Kier molecular flexibility index (Phi) is 4.34. The van der Waals surface area contributed by atoms with Crippen molar-refractivity contribution in [1.82, 2.24) is 4.98 Å². The van der Waals surface area contributed by atoms with E-state index < -0.39 is 0 Å². The van der Waals surface area contributed by atoms with E-state index in [1.54, 1.807) is 25.3 Å². The topological polar surface area (TPSA) is 75.4 Å². The van der Waals surface area contributed by atoms with Crippen LogP contribution < -0.4 is 5.32 Å². The van der Waals surface area contributed by atoms with Gasteiger partial charge in [-0.05, 0) is 19.1 Å². The molecule has 0 radical (unpaired) electrons. The lowest BCUT2D eigenvalue weighted by atomic mass is 10.4. The van der Waals surface area contributed by atoms with E-state index in [2.05, 4.69) is 22.1 Å². The Morgan fingerprint density at radius 1 is 1.58 bits per heavy atom. The summed E-state index contributed by atoms with van der Waals surface area (Å²) in [5, 5.41) is 11.7. The molecule has 2 N–H and O–H groups in total. The first-order valence-electron chi connectivity index (χ1n) is 5.62. The molecule has 0 bridgehead atoms. The number of carbonyl (C=O) groups is 1. The summed E-state index contributed by atoms with van der Waals surface area (Å²) in [6.45, 7) is 1.81. The molecule has 0 spiro atoms. The maximum atomic E-state index is 11.8.